The predicted octanol–water partition coefficient (Wildman–Crippen LogP) is 26.7. The SMILES string of the molecule is Brc1cc2cc3c(cc2cc1Br)-c1nc-3c(-c2ccccc2)c2[nH]c(c(-c3ccccc3)c3nc(c(-c4ccccc4)c4[nH]c(c1-c1ccccc1)c1cc5cc(Br)c(Br)cc5cc41)-c1cc4cc(Br)c(Br)cc4cc1-3)c1cc3cc(Br)c(Br)cc3cc21. The molecule has 4 nitrogen and oxygen atoms in total. The van der Waals surface area contributed by atoms with Crippen molar-refractivity contribution >= 4 is 214 Å². The van der Waals surface area contributed by atoms with Crippen LogP contribution in [0.4, 0.5) is 0 Å². The molecule has 2 aromatic heterocycles. The Balaban J connectivity index is 1.23. The fourth-order valence-electron chi connectivity index (χ4n) is 13.3. The monoisotopic (exact) mass is 1640 g/mol. The van der Waals surface area contributed by atoms with Crippen LogP contribution in [0.1, 0.15) is 0 Å². The first-order valence-electron chi connectivity index (χ1n) is 28.3. The zero-order valence-corrected chi connectivity index (χ0v) is 58.4. The molecular weight excluding hydrogens is 1610 g/mol. The van der Waals surface area contributed by atoms with Gasteiger partial charge in [0, 0.05) is 102 Å². The van der Waals surface area contributed by atoms with Gasteiger partial charge in [-0.1, -0.05) is 121 Å². The number of aromatic amines is 2. The molecule has 0 saturated carbocycles. The van der Waals surface area contributed by atoms with Gasteiger partial charge in [0.15, 0.2) is 0 Å². The number of aromatic nitrogens is 4. The van der Waals surface area contributed by atoms with Crippen molar-refractivity contribution in [2.45, 2.75) is 0 Å². The van der Waals surface area contributed by atoms with Gasteiger partial charge in [0.25, 0.3) is 0 Å². The fraction of sp³-hybridized carbons (Fsp3) is 0. The molecule has 12 heteroatoms. The van der Waals surface area contributed by atoms with Crippen LogP contribution >= 0.6 is 127 Å². The molecule has 0 amide bonds. The minimum atomic E-state index is 0.847. The highest BCUT2D eigenvalue weighted by Crippen LogP contribution is 2.54. The Bertz CT molecular complexity index is 5070. The van der Waals surface area contributed by atoms with E-state index in [1.165, 1.54) is 0 Å². The highest BCUT2D eigenvalue weighted by molar-refractivity contribution is 9.14. The molecule has 418 valence electrons. The lowest BCUT2D eigenvalue weighted by Crippen LogP contribution is -1.88. The number of nitrogens with zero attached hydrogens (tertiary/aromatic N) is 2. The van der Waals surface area contributed by atoms with E-state index in [4.69, 9.17) is 9.97 Å². The van der Waals surface area contributed by atoms with Gasteiger partial charge in [-0.15, -0.1) is 0 Å². The second-order valence-electron chi connectivity index (χ2n) is 22.4. The quantitative estimate of drug-likeness (QED) is 0.184. The maximum Gasteiger partial charge on any atom is 0.0816 e. The molecular formula is C76H38Br8N4. The van der Waals surface area contributed by atoms with Gasteiger partial charge in [-0.05, 0) is 290 Å². The molecule has 1 aliphatic carbocycles. The number of hydrogen-bond donors (Lipinski definition) is 2. The van der Waals surface area contributed by atoms with Crippen LogP contribution in [0.15, 0.2) is 254 Å². The molecule has 0 radical (unpaired) electrons. The molecule has 3 aliphatic rings. The minimum Gasteiger partial charge on any atom is -0.353 e. The van der Waals surface area contributed by atoms with Gasteiger partial charge in [-0.3, -0.25) is 0 Å². The molecule has 14 aromatic rings. The number of fused-ring (bicyclic) bond motifs is 4. The maximum atomic E-state index is 6.22. The van der Waals surface area contributed by atoms with E-state index in [1.54, 1.807) is 0 Å². The first kappa shape index (κ1) is 55.2. The zero-order valence-electron chi connectivity index (χ0n) is 45.7. The van der Waals surface area contributed by atoms with Crippen LogP contribution in [0.3, 0.4) is 0 Å². The largest absolute Gasteiger partial charge is 0.353 e. The summed E-state index contributed by atoms with van der Waals surface area (Å²) in [5, 5.41) is 12.8. The highest BCUT2D eigenvalue weighted by atomic mass is 79.9. The van der Waals surface area contributed by atoms with E-state index in [2.05, 4.69) is 356 Å². The van der Waals surface area contributed by atoms with Crippen molar-refractivity contribution in [3.8, 4) is 89.5 Å². The normalized spacial score (nSPS) is 12.1. The highest BCUT2D eigenvalue weighted by Gasteiger charge is 2.32. The number of benzene rings is 12. The van der Waals surface area contributed by atoms with Crippen LogP contribution < -0.4 is 0 Å². The summed E-state index contributed by atoms with van der Waals surface area (Å²) in [6.07, 6.45) is 0. The van der Waals surface area contributed by atoms with Crippen LogP contribution in [-0.4, -0.2) is 19.9 Å². The van der Waals surface area contributed by atoms with E-state index < -0.39 is 0 Å². The fourth-order valence-corrected chi connectivity index (χ4v) is 16.2. The van der Waals surface area contributed by atoms with Gasteiger partial charge in [0.1, 0.15) is 0 Å². The third-order valence-electron chi connectivity index (χ3n) is 17.3. The van der Waals surface area contributed by atoms with Gasteiger partial charge in [-0.2, -0.15) is 0 Å². The van der Waals surface area contributed by atoms with Crippen molar-refractivity contribution in [1.29, 1.82) is 0 Å². The molecule has 0 saturated heterocycles. The summed E-state index contributed by atoms with van der Waals surface area (Å²) in [4.78, 5) is 21.1. The smallest absolute Gasteiger partial charge is 0.0816 e. The molecule has 2 N–H and O–H groups in total. The Morgan fingerprint density at radius 1 is 0.216 bits per heavy atom. The molecule has 2 aliphatic heterocycles. The number of hydrogen-bond acceptors (Lipinski definition) is 2. The van der Waals surface area contributed by atoms with Gasteiger partial charge in [0.2, 0.25) is 0 Å². The van der Waals surface area contributed by atoms with Crippen molar-refractivity contribution in [2.24, 2.45) is 0 Å². The minimum absolute atomic E-state index is 0.847. The van der Waals surface area contributed by atoms with E-state index in [1.807, 2.05) is 0 Å². The van der Waals surface area contributed by atoms with Crippen molar-refractivity contribution in [1.82, 2.24) is 19.9 Å². The molecule has 4 heterocycles. The van der Waals surface area contributed by atoms with Crippen molar-refractivity contribution in [2.75, 3.05) is 0 Å². The number of rotatable bonds is 4. The standard InChI is InChI=1S/C76H38Br8N4/c77-57-29-41-21-49-51(23-43(41)31-59(57)79)71-66(38-15-7-2-8-16-38)73-53-25-45-33-61(81)63(83)35-47(45)27-55(53)75(87-73)68(40-19-11-4-12-20-40)76-56-28-48-36-64(84)62(82)34-46(48)26-54(56)74(88-76)67(39-17-9-3-10-18-39)72-52-24-44-32-60(80)58(78)30-42(44)22-50(52)70(86-72)65(69(49)85-71)37-13-5-1-6-14-37/h1-36,85,88H. The third-order valence-corrected chi connectivity index (χ3v) is 24.7. The van der Waals surface area contributed by atoms with E-state index >= 15 is 0 Å². The summed E-state index contributed by atoms with van der Waals surface area (Å²) < 4.78 is 7.75. The molecule has 0 unspecified atom stereocenters. The second kappa shape index (κ2) is 21.4. The Labute approximate surface area is 571 Å². The molecule has 12 aromatic carbocycles. The topological polar surface area (TPSA) is 57.4 Å². The lowest BCUT2D eigenvalue weighted by molar-refractivity contribution is 1.39. The van der Waals surface area contributed by atoms with Crippen molar-refractivity contribution in [3.05, 3.63) is 254 Å². The van der Waals surface area contributed by atoms with Gasteiger partial charge in [-0.25, -0.2) is 9.97 Å². The van der Waals surface area contributed by atoms with Gasteiger partial charge < -0.3 is 9.97 Å². The summed E-state index contributed by atoms with van der Waals surface area (Å²) in [6.45, 7) is 0. The molecule has 0 fully saturated rings. The average Bonchev–Trinajstić information content (AvgIpc) is 1.70. The Hall–Kier alpha value is -6.84. The van der Waals surface area contributed by atoms with Crippen molar-refractivity contribution < 1.29 is 0 Å². The maximum absolute atomic E-state index is 6.22. The first-order valence-corrected chi connectivity index (χ1v) is 34.6. The number of nitrogens with one attached hydrogen (secondary N) is 2. The summed E-state index contributed by atoms with van der Waals surface area (Å²) >= 11 is 31.2. The van der Waals surface area contributed by atoms with Crippen LogP contribution in [-0.2, 0) is 0 Å². The predicted molar refractivity (Wildman–Crippen MR) is 398 cm³/mol. The van der Waals surface area contributed by atoms with E-state index in [0.717, 1.165) is 212 Å². The summed E-state index contributed by atoms with van der Waals surface area (Å²) in [6, 6.07) is 79.7. The van der Waals surface area contributed by atoms with Crippen LogP contribution in [0.25, 0.3) is 176 Å². The Morgan fingerprint density at radius 2 is 0.398 bits per heavy atom. The lowest BCUT2D eigenvalue weighted by atomic mass is 9.91. The number of H-pyrrole nitrogens is 2. The van der Waals surface area contributed by atoms with Crippen molar-refractivity contribution in [3.63, 3.8) is 0 Å². The first-order chi connectivity index (χ1) is 42.9. The van der Waals surface area contributed by atoms with Crippen LogP contribution in [0, 0.1) is 0 Å². The molecule has 0 spiro atoms. The Morgan fingerprint density at radius 3 is 0.591 bits per heavy atom. The van der Waals surface area contributed by atoms with Crippen LogP contribution in [0.2, 0.25) is 0 Å². The zero-order chi connectivity index (χ0) is 59.4. The van der Waals surface area contributed by atoms with E-state index in [0.29, 0.717) is 0 Å². The second-order valence-corrected chi connectivity index (χ2v) is 29.2. The third kappa shape index (κ3) is 8.90. The summed E-state index contributed by atoms with van der Waals surface area (Å²) in [7, 11) is 0. The van der Waals surface area contributed by atoms with Gasteiger partial charge in [0.05, 0.1) is 44.8 Å². The lowest BCUT2D eigenvalue weighted by Gasteiger charge is -2.11. The van der Waals surface area contributed by atoms with E-state index in [-0.39, 0.29) is 0 Å². The van der Waals surface area contributed by atoms with Crippen LogP contribution in [0.5, 0.6) is 0 Å². The molecule has 0 atom stereocenters. The van der Waals surface area contributed by atoms with E-state index in [9.17, 15) is 0 Å². The molecule has 17 rings (SSSR count). The Kier molecular flexibility index (Phi) is 13.4. The average molecular weight is 1650 g/mol. The number of halogens is 8. The molecule has 8 bridgehead atoms. The summed E-state index contributed by atoms with van der Waals surface area (Å²) in [5.74, 6) is 0. The molecule has 88 heavy (non-hydrogen) atoms. The van der Waals surface area contributed by atoms with Gasteiger partial charge >= 0.3 is 0 Å². The summed E-state index contributed by atoms with van der Waals surface area (Å²) in [5.41, 5.74) is 19.1.